The van der Waals surface area contributed by atoms with E-state index in [4.69, 9.17) is 28.6 Å². The van der Waals surface area contributed by atoms with Crippen molar-refractivity contribution in [1.29, 1.82) is 0 Å². The maximum Gasteiger partial charge on any atom is 0.349 e. The summed E-state index contributed by atoms with van der Waals surface area (Å²) in [7, 11) is 1.35. The van der Waals surface area contributed by atoms with Crippen LogP contribution in [-0.4, -0.2) is 60.7 Å². The Balaban J connectivity index is 1.31. The van der Waals surface area contributed by atoms with E-state index < -0.39 is 5.97 Å². The number of rotatable bonds is 5. The summed E-state index contributed by atoms with van der Waals surface area (Å²) >= 11 is 13.3. The molecule has 0 aliphatic carbocycles. The number of hydrogen-bond acceptors (Lipinski definition) is 5. The van der Waals surface area contributed by atoms with Gasteiger partial charge in [-0.2, -0.15) is 0 Å². The first-order valence-electron chi connectivity index (χ1n) is 10.4. The highest BCUT2D eigenvalue weighted by atomic mass is 35.5. The van der Waals surface area contributed by atoms with Crippen LogP contribution in [0.1, 0.15) is 15.2 Å². The monoisotopic (exact) mass is 485 g/mol. The molecule has 2 heterocycles. The lowest BCUT2D eigenvalue weighted by Crippen LogP contribution is -2.49. The average Bonchev–Trinajstić information content (AvgIpc) is 3.15. The molecule has 1 N–H and O–H groups in total. The Morgan fingerprint density at radius 1 is 1.19 bits per heavy atom. The molecule has 0 saturated carbocycles. The van der Waals surface area contributed by atoms with Crippen molar-refractivity contribution in [2.24, 2.45) is 0 Å². The third kappa shape index (κ3) is 5.30. The van der Waals surface area contributed by atoms with Crippen LogP contribution in [0.5, 0.6) is 0 Å². The molecule has 2 aromatic carbocycles. The number of carbonyl (C=O) groups excluding carboxylic acids is 1. The molecule has 1 saturated heterocycles. The Kier molecular flexibility index (Phi) is 7.42. The first-order valence-corrected chi connectivity index (χ1v) is 12.0. The number of halogens is 1. The van der Waals surface area contributed by atoms with E-state index in [1.165, 1.54) is 24.0 Å². The Labute approximate surface area is 202 Å². The third-order valence-electron chi connectivity index (χ3n) is 5.38. The van der Waals surface area contributed by atoms with Gasteiger partial charge in [0.25, 0.3) is 0 Å². The molecule has 0 radical (unpaired) electrons. The SMILES string of the molecule is COC(=O)c1sc2cc(NC(=S)N3CCN(C/C=C/c4ccccc4)CC3)ccc2c1Cl. The zero-order valence-electron chi connectivity index (χ0n) is 17.7. The summed E-state index contributed by atoms with van der Waals surface area (Å²) in [6.45, 7) is 4.61. The molecule has 1 aliphatic rings. The maximum atomic E-state index is 11.9. The van der Waals surface area contributed by atoms with E-state index >= 15 is 0 Å². The van der Waals surface area contributed by atoms with Crippen LogP contribution in [-0.2, 0) is 4.74 Å². The largest absolute Gasteiger partial charge is 0.465 e. The van der Waals surface area contributed by atoms with Crippen LogP contribution in [0.15, 0.2) is 54.6 Å². The number of hydrogen-bond donors (Lipinski definition) is 1. The molecule has 4 rings (SSSR count). The lowest BCUT2D eigenvalue weighted by Gasteiger charge is -2.35. The van der Waals surface area contributed by atoms with Gasteiger partial charge in [-0.25, -0.2) is 4.79 Å². The van der Waals surface area contributed by atoms with Crippen molar-refractivity contribution in [2.75, 3.05) is 45.2 Å². The Morgan fingerprint density at radius 2 is 1.94 bits per heavy atom. The van der Waals surface area contributed by atoms with Crippen LogP contribution in [0.3, 0.4) is 0 Å². The molecule has 0 bridgehead atoms. The highest BCUT2D eigenvalue weighted by Crippen LogP contribution is 2.37. The second kappa shape index (κ2) is 10.4. The van der Waals surface area contributed by atoms with Gasteiger partial charge >= 0.3 is 5.97 Å². The van der Waals surface area contributed by atoms with Gasteiger partial charge in [-0.1, -0.05) is 54.1 Å². The summed E-state index contributed by atoms with van der Waals surface area (Å²) < 4.78 is 5.73. The highest BCUT2D eigenvalue weighted by Gasteiger charge is 2.20. The second-order valence-electron chi connectivity index (χ2n) is 7.48. The quantitative estimate of drug-likeness (QED) is 0.387. The molecule has 0 spiro atoms. The molecule has 3 aromatic rings. The van der Waals surface area contributed by atoms with E-state index in [-0.39, 0.29) is 0 Å². The topological polar surface area (TPSA) is 44.8 Å². The van der Waals surface area contributed by atoms with Crippen LogP contribution < -0.4 is 5.32 Å². The molecule has 0 amide bonds. The highest BCUT2D eigenvalue weighted by molar-refractivity contribution is 7.80. The van der Waals surface area contributed by atoms with Gasteiger partial charge < -0.3 is 15.0 Å². The normalized spacial score (nSPS) is 14.8. The summed E-state index contributed by atoms with van der Waals surface area (Å²) in [5.74, 6) is -0.419. The predicted molar refractivity (Wildman–Crippen MR) is 138 cm³/mol. The number of anilines is 1. The number of piperazine rings is 1. The number of esters is 1. The smallest absolute Gasteiger partial charge is 0.349 e. The van der Waals surface area contributed by atoms with E-state index in [0.29, 0.717) is 15.0 Å². The number of benzene rings is 2. The van der Waals surface area contributed by atoms with Gasteiger partial charge in [0.2, 0.25) is 0 Å². The van der Waals surface area contributed by atoms with Crippen molar-refractivity contribution in [3.05, 3.63) is 70.1 Å². The molecular formula is C24H24ClN3O2S2. The number of nitrogens with one attached hydrogen (secondary N) is 1. The van der Waals surface area contributed by atoms with Crippen molar-refractivity contribution in [1.82, 2.24) is 9.80 Å². The predicted octanol–water partition coefficient (Wildman–Crippen LogP) is 5.37. The molecule has 8 heteroatoms. The van der Waals surface area contributed by atoms with Gasteiger partial charge in [0.05, 0.1) is 12.1 Å². The minimum atomic E-state index is -0.419. The minimum absolute atomic E-state index is 0.418. The molecule has 1 aliphatic heterocycles. The van der Waals surface area contributed by atoms with Gasteiger partial charge in [0.15, 0.2) is 5.11 Å². The van der Waals surface area contributed by atoms with Crippen LogP contribution >= 0.6 is 35.2 Å². The summed E-state index contributed by atoms with van der Waals surface area (Å²) in [6.07, 6.45) is 4.38. The van der Waals surface area contributed by atoms with Gasteiger partial charge in [0.1, 0.15) is 4.88 Å². The van der Waals surface area contributed by atoms with Crippen molar-refractivity contribution < 1.29 is 9.53 Å². The number of methoxy groups -OCH3 is 1. The van der Waals surface area contributed by atoms with E-state index in [0.717, 1.165) is 48.5 Å². The van der Waals surface area contributed by atoms with Gasteiger partial charge in [-0.3, -0.25) is 4.90 Å². The Bertz CT molecular complexity index is 1140. The lowest BCUT2D eigenvalue weighted by atomic mass is 10.2. The zero-order valence-corrected chi connectivity index (χ0v) is 20.1. The second-order valence-corrected chi connectivity index (χ2v) is 9.30. The van der Waals surface area contributed by atoms with Crippen LogP contribution in [0.25, 0.3) is 16.2 Å². The number of fused-ring (bicyclic) bond motifs is 1. The van der Waals surface area contributed by atoms with Gasteiger partial charge in [-0.05, 0) is 36.0 Å². The van der Waals surface area contributed by atoms with Crippen LogP contribution in [0.2, 0.25) is 5.02 Å². The Morgan fingerprint density at radius 3 is 2.66 bits per heavy atom. The number of ether oxygens (including phenoxy) is 1. The fourth-order valence-electron chi connectivity index (χ4n) is 3.60. The molecule has 32 heavy (non-hydrogen) atoms. The fourth-order valence-corrected chi connectivity index (χ4v) is 5.37. The fraction of sp³-hybridized carbons (Fsp3) is 0.250. The maximum absolute atomic E-state index is 11.9. The Hall–Kier alpha value is -2.45. The molecule has 0 atom stereocenters. The van der Waals surface area contributed by atoms with Gasteiger partial charge in [0, 0.05) is 48.5 Å². The van der Waals surface area contributed by atoms with E-state index in [1.807, 2.05) is 24.3 Å². The summed E-state index contributed by atoms with van der Waals surface area (Å²) in [4.78, 5) is 16.9. The van der Waals surface area contributed by atoms with Gasteiger partial charge in [-0.15, -0.1) is 11.3 Å². The van der Waals surface area contributed by atoms with Crippen LogP contribution in [0, 0.1) is 0 Å². The lowest BCUT2D eigenvalue weighted by molar-refractivity contribution is 0.0606. The van der Waals surface area contributed by atoms with Crippen molar-refractivity contribution in [3.8, 4) is 0 Å². The van der Waals surface area contributed by atoms with Crippen molar-refractivity contribution in [3.63, 3.8) is 0 Å². The molecule has 166 valence electrons. The first-order chi connectivity index (χ1) is 15.5. The van der Waals surface area contributed by atoms with E-state index in [9.17, 15) is 4.79 Å². The minimum Gasteiger partial charge on any atom is -0.465 e. The van der Waals surface area contributed by atoms with Crippen LogP contribution in [0.4, 0.5) is 5.69 Å². The van der Waals surface area contributed by atoms with Crippen molar-refractivity contribution in [2.45, 2.75) is 0 Å². The number of carbonyl (C=O) groups is 1. The number of thiophene rings is 1. The molecule has 0 unspecified atom stereocenters. The van der Waals surface area contributed by atoms with E-state index in [1.54, 1.807) is 0 Å². The third-order valence-corrected chi connectivity index (χ3v) is 7.38. The first kappa shape index (κ1) is 22.7. The van der Waals surface area contributed by atoms with Crippen molar-refractivity contribution >= 4 is 68.1 Å². The average molecular weight is 486 g/mol. The summed E-state index contributed by atoms with van der Waals surface area (Å²) in [5, 5.41) is 5.31. The standard InChI is InChI=1S/C24H24ClN3O2S2/c1-30-23(29)22-21(25)19-10-9-18(16-20(19)32-22)26-24(31)28-14-12-27(13-15-28)11-5-8-17-6-3-2-4-7-17/h2-10,16H,11-15H2,1H3,(H,26,31)/b8-5+. The molecule has 5 nitrogen and oxygen atoms in total. The van der Waals surface area contributed by atoms with E-state index in [2.05, 4.69) is 51.5 Å². The number of thiocarbonyl (C=S) groups is 1. The molecule has 1 fully saturated rings. The molecule has 1 aromatic heterocycles. The molecular weight excluding hydrogens is 462 g/mol. The number of nitrogens with zero attached hydrogens (tertiary/aromatic N) is 2. The summed E-state index contributed by atoms with van der Waals surface area (Å²) in [5.41, 5.74) is 2.10. The summed E-state index contributed by atoms with van der Waals surface area (Å²) in [6, 6.07) is 16.1. The zero-order chi connectivity index (χ0) is 22.5.